The zero-order valence-corrected chi connectivity index (χ0v) is 14.1. The zero-order chi connectivity index (χ0) is 19.4. The van der Waals surface area contributed by atoms with E-state index in [-0.39, 0.29) is 11.6 Å². The summed E-state index contributed by atoms with van der Waals surface area (Å²) in [5.41, 5.74) is -0.0794. The van der Waals surface area contributed by atoms with Gasteiger partial charge in [0.25, 0.3) is 5.91 Å². The average Bonchev–Trinajstić information content (AvgIpc) is 2.67. The smallest absolute Gasteiger partial charge is 0.280 e. The van der Waals surface area contributed by atoms with Crippen molar-refractivity contribution in [3.05, 3.63) is 81.9 Å². The second kappa shape index (κ2) is 7.49. The number of nitrogens with one attached hydrogen (secondary N) is 1. The second-order valence-electron chi connectivity index (χ2n) is 5.44. The lowest BCUT2D eigenvalue weighted by Crippen LogP contribution is -2.26. The molecule has 0 fully saturated rings. The highest BCUT2D eigenvalue weighted by Crippen LogP contribution is 2.16. The number of halogens is 1. The molecule has 0 aliphatic rings. The van der Waals surface area contributed by atoms with Crippen molar-refractivity contribution in [2.45, 2.75) is 0 Å². The minimum Gasteiger partial charge on any atom is -0.481 e. The van der Waals surface area contributed by atoms with Crippen molar-refractivity contribution < 1.29 is 13.9 Å². The topological polar surface area (TPSA) is 97.0 Å². The van der Waals surface area contributed by atoms with Gasteiger partial charge in [-0.25, -0.2) is 9.07 Å². The summed E-state index contributed by atoms with van der Waals surface area (Å²) in [5.74, 6) is -1.22. The maximum atomic E-state index is 13.5. The lowest BCUT2D eigenvalue weighted by Gasteiger charge is -2.12. The molecule has 0 saturated heterocycles. The highest BCUT2D eigenvalue weighted by atomic mass is 19.1. The predicted molar refractivity (Wildman–Crippen MR) is 95.5 cm³/mol. The van der Waals surface area contributed by atoms with Crippen LogP contribution in [-0.2, 0) is 0 Å². The molecular formula is C19H13FN4O3. The number of carbonyl (C=O) groups excluding carboxylic acids is 1. The molecule has 0 radical (unpaired) electrons. The Hall–Kier alpha value is -3.99. The van der Waals surface area contributed by atoms with Gasteiger partial charge in [0, 0.05) is 5.69 Å². The van der Waals surface area contributed by atoms with E-state index in [9.17, 15) is 14.0 Å². The van der Waals surface area contributed by atoms with E-state index in [1.807, 2.05) is 6.07 Å². The summed E-state index contributed by atoms with van der Waals surface area (Å²) < 4.78 is 19.8. The molecular weight excluding hydrogens is 351 g/mol. The molecule has 0 atom stereocenters. The molecule has 0 spiro atoms. The van der Waals surface area contributed by atoms with Gasteiger partial charge in [0.05, 0.1) is 30.5 Å². The maximum absolute atomic E-state index is 13.5. The normalized spacial score (nSPS) is 10.1. The Morgan fingerprint density at radius 2 is 2.00 bits per heavy atom. The monoisotopic (exact) mass is 364 g/mol. The molecule has 1 N–H and O–H groups in total. The fourth-order valence-corrected chi connectivity index (χ4v) is 2.39. The fraction of sp³-hybridized carbons (Fsp3) is 0.0526. The molecule has 3 rings (SSSR count). The Bertz CT molecular complexity index is 1120. The van der Waals surface area contributed by atoms with Gasteiger partial charge in [0.2, 0.25) is 11.3 Å². The highest BCUT2D eigenvalue weighted by molar-refractivity contribution is 6.02. The Balaban J connectivity index is 2.02. The van der Waals surface area contributed by atoms with Gasteiger partial charge >= 0.3 is 0 Å². The van der Waals surface area contributed by atoms with Crippen molar-refractivity contribution in [3.63, 3.8) is 0 Å². The Morgan fingerprint density at radius 1 is 1.22 bits per heavy atom. The van der Waals surface area contributed by atoms with E-state index in [4.69, 9.17) is 10.00 Å². The third-order valence-electron chi connectivity index (χ3n) is 3.62. The van der Waals surface area contributed by atoms with E-state index in [1.54, 1.807) is 24.3 Å². The number of aromatic nitrogens is 2. The first-order chi connectivity index (χ1) is 13.0. The van der Waals surface area contributed by atoms with Crippen molar-refractivity contribution >= 4 is 11.6 Å². The number of benzene rings is 2. The van der Waals surface area contributed by atoms with Crippen LogP contribution in [0.4, 0.5) is 10.1 Å². The largest absolute Gasteiger partial charge is 0.481 e. The van der Waals surface area contributed by atoms with Crippen LogP contribution >= 0.6 is 0 Å². The molecule has 0 unspecified atom stereocenters. The average molecular weight is 364 g/mol. The molecule has 0 aliphatic heterocycles. The molecule has 27 heavy (non-hydrogen) atoms. The zero-order valence-electron chi connectivity index (χ0n) is 14.1. The van der Waals surface area contributed by atoms with Crippen LogP contribution in [0.5, 0.6) is 5.88 Å². The van der Waals surface area contributed by atoms with Crippen LogP contribution in [0.2, 0.25) is 0 Å². The van der Waals surface area contributed by atoms with Crippen LogP contribution in [0.3, 0.4) is 0 Å². The van der Waals surface area contributed by atoms with Crippen molar-refractivity contribution in [2.75, 3.05) is 12.4 Å². The standard InChI is InChI=1S/C19H13FN4O3/c1-27-17-10-16(25)18(23-24(17)15-7-3-5-13(20)9-15)19(26)22-14-6-2-4-12(8-14)11-21/h2-10H,1H3,(H,22,26). The number of hydrogen-bond acceptors (Lipinski definition) is 5. The summed E-state index contributed by atoms with van der Waals surface area (Å²) in [7, 11) is 1.33. The van der Waals surface area contributed by atoms with Gasteiger partial charge in [0.15, 0.2) is 5.69 Å². The molecule has 3 aromatic rings. The van der Waals surface area contributed by atoms with Crippen LogP contribution < -0.4 is 15.5 Å². The summed E-state index contributed by atoms with van der Waals surface area (Å²) in [5, 5.41) is 15.5. The molecule has 134 valence electrons. The third-order valence-corrected chi connectivity index (χ3v) is 3.62. The Morgan fingerprint density at radius 3 is 2.70 bits per heavy atom. The lowest BCUT2D eigenvalue weighted by molar-refractivity contribution is 0.101. The van der Waals surface area contributed by atoms with Crippen molar-refractivity contribution in [1.82, 2.24) is 9.78 Å². The molecule has 8 heteroatoms. The van der Waals surface area contributed by atoms with Crippen LogP contribution in [0.1, 0.15) is 16.1 Å². The SMILES string of the molecule is COc1cc(=O)c(C(=O)Nc2cccc(C#N)c2)nn1-c1cccc(F)c1. The molecule has 0 saturated carbocycles. The van der Waals surface area contributed by atoms with Crippen LogP contribution in [0, 0.1) is 17.1 Å². The van der Waals surface area contributed by atoms with Crippen molar-refractivity contribution in [1.29, 1.82) is 5.26 Å². The first-order valence-corrected chi connectivity index (χ1v) is 7.77. The van der Waals surface area contributed by atoms with Gasteiger partial charge in [-0.1, -0.05) is 12.1 Å². The number of carbonyl (C=O) groups is 1. The number of rotatable bonds is 4. The van der Waals surface area contributed by atoms with E-state index in [1.165, 1.54) is 31.4 Å². The van der Waals surface area contributed by atoms with Crippen LogP contribution in [0.15, 0.2) is 59.4 Å². The summed E-state index contributed by atoms with van der Waals surface area (Å²) in [4.78, 5) is 24.8. The Kier molecular flexibility index (Phi) is 4.95. The minimum absolute atomic E-state index is 0.0497. The van der Waals surface area contributed by atoms with E-state index in [0.29, 0.717) is 11.3 Å². The van der Waals surface area contributed by atoms with E-state index in [0.717, 1.165) is 10.7 Å². The number of nitrogens with zero attached hydrogens (tertiary/aromatic N) is 3. The van der Waals surface area contributed by atoms with Gasteiger partial charge in [0.1, 0.15) is 5.82 Å². The Labute approximate surface area is 153 Å². The van der Waals surface area contributed by atoms with E-state index >= 15 is 0 Å². The van der Waals surface area contributed by atoms with Crippen molar-refractivity contribution in [2.24, 2.45) is 0 Å². The minimum atomic E-state index is -0.761. The number of anilines is 1. The van der Waals surface area contributed by atoms with E-state index in [2.05, 4.69) is 10.4 Å². The molecule has 1 aromatic heterocycles. The number of ether oxygens (including phenoxy) is 1. The van der Waals surface area contributed by atoms with Crippen LogP contribution in [0.25, 0.3) is 5.69 Å². The number of hydrogen-bond donors (Lipinski definition) is 1. The van der Waals surface area contributed by atoms with Gasteiger partial charge < -0.3 is 10.1 Å². The summed E-state index contributed by atoms with van der Waals surface area (Å²) >= 11 is 0. The number of methoxy groups -OCH3 is 1. The van der Waals surface area contributed by atoms with Gasteiger partial charge in [-0.15, -0.1) is 0 Å². The molecule has 1 heterocycles. The second-order valence-corrected chi connectivity index (χ2v) is 5.44. The molecule has 1 amide bonds. The molecule has 0 bridgehead atoms. The van der Waals surface area contributed by atoms with E-state index < -0.39 is 22.8 Å². The summed E-state index contributed by atoms with van der Waals surface area (Å²) in [6.07, 6.45) is 0. The fourth-order valence-electron chi connectivity index (χ4n) is 2.39. The van der Waals surface area contributed by atoms with Crippen LogP contribution in [-0.4, -0.2) is 22.8 Å². The molecule has 0 aliphatic carbocycles. The number of nitriles is 1. The first-order valence-electron chi connectivity index (χ1n) is 7.77. The maximum Gasteiger partial charge on any atom is 0.280 e. The first kappa shape index (κ1) is 17.8. The molecule has 7 nitrogen and oxygen atoms in total. The highest BCUT2D eigenvalue weighted by Gasteiger charge is 2.17. The lowest BCUT2D eigenvalue weighted by atomic mass is 10.2. The van der Waals surface area contributed by atoms with Gasteiger partial charge in [-0.05, 0) is 36.4 Å². The van der Waals surface area contributed by atoms with Gasteiger partial charge in [-0.2, -0.15) is 10.4 Å². The van der Waals surface area contributed by atoms with Gasteiger partial charge in [-0.3, -0.25) is 9.59 Å². The summed E-state index contributed by atoms with van der Waals surface area (Å²) in [6, 6.07) is 14.8. The summed E-state index contributed by atoms with van der Waals surface area (Å²) in [6.45, 7) is 0. The quantitative estimate of drug-likeness (QED) is 0.767. The number of amides is 1. The predicted octanol–water partition coefficient (Wildman–Crippen LogP) is 2.50. The third kappa shape index (κ3) is 3.82. The van der Waals surface area contributed by atoms with Crippen molar-refractivity contribution in [3.8, 4) is 17.6 Å². The molecule has 2 aromatic carbocycles.